The summed E-state index contributed by atoms with van der Waals surface area (Å²) >= 11 is 0. The summed E-state index contributed by atoms with van der Waals surface area (Å²) in [6, 6.07) is 6.05. The summed E-state index contributed by atoms with van der Waals surface area (Å²) in [5, 5.41) is 6.37. The molecule has 1 aromatic heterocycles. The predicted molar refractivity (Wildman–Crippen MR) is 66.9 cm³/mol. The fourth-order valence-electron chi connectivity index (χ4n) is 1.72. The van der Waals surface area contributed by atoms with Gasteiger partial charge in [-0.15, -0.1) is 0 Å². The number of H-pyrrole nitrogens is 1. The second-order valence-electron chi connectivity index (χ2n) is 3.92. The number of anilines is 2. The fraction of sp³-hybridized carbons (Fsp3) is 0.167. The highest BCUT2D eigenvalue weighted by atomic mass is 19.1. The molecule has 1 aromatic carbocycles. The summed E-state index contributed by atoms with van der Waals surface area (Å²) in [5.74, 6) is -0.752. The lowest BCUT2D eigenvalue weighted by atomic mass is 10.2. The minimum atomic E-state index is -0.465. The van der Waals surface area contributed by atoms with Gasteiger partial charge >= 0.3 is 0 Å². The Labute approximate surface area is 103 Å². The molecule has 2 aromatic rings. The van der Waals surface area contributed by atoms with E-state index in [1.165, 1.54) is 24.1 Å². The minimum absolute atomic E-state index is 0.112. The van der Waals surface area contributed by atoms with Crippen LogP contribution in [0.2, 0.25) is 0 Å². The molecule has 0 saturated heterocycles. The number of hydrogen-bond acceptors (Lipinski definition) is 3. The van der Waals surface area contributed by atoms with E-state index < -0.39 is 11.7 Å². The molecular formula is C12H13FN4O. The Morgan fingerprint density at radius 1 is 1.44 bits per heavy atom. The van der Waals surface area contributed by atoms with Crippen LogP contribution in [0.5, 0.6) is 0 Å². The molecule has 18 heavy (non-hydrogen) atoms. The number of nitrogen functional groups attached to an aromatic ring is 1. The molecule has 0 aliphatic carbocycles. The smallest absolute Gasteiger partial charge is 0.263 e. The number of carbonyl (C=O) groups excluding carboxylic acids is 1. The average molecular weight is 248 g/mol. The molecule has 5 nitrogen and oxygen atoms in total. The summed E-state index contributed by atoms with van der Waals surface area (Å²) in [7, 11) is 1.49. The number of aryl methyl sites for hydroxylation is 1. The maximum atomic E-state index is 13.6. The van der Waals surface area contributed by atoms with E-state index in [4.69, 9.17) is 5.73 Å². The summed E-state index contributed by atoms with van der Waals surface area (Å²) in [6.45, 7) is 1.69. The van der Waals surface area contributed by atoms with Gasteiger partial charge in [0.05, 0.1) is 5.69 Å². The van der Waals surface area contributed by atoms with Gasteiger partial charge in [-0.2, -0.15) is 5.10 Å². The molecular weight excluding hydrogens is 235 g/mol. The van der Waals surface area contributed by atoms with Crippen molar-refractivity contribution in [2.24, 2.45) is 0 Å². The summed E-state index contributed by atoms with van der Waals surface area (Å²) < 4.78 is 13.6. The van der Waals surface area contributed by atoms with E-state index in [0.717, 1.165) is 0 Å². The largest absolute Gasteiger partial charge is 0.382 e. The molecule has 0 aliphatic rings. The molecule has 1 amide bonds. The number of benzene rings is 1. The van der Waals surface area contributed by atoms with Crippen molar-refractivity contribution in [1.82, 2.24) is 10.2 Å². The summed E-state index contributed by atoms with van der Waals surface area (Å²) in [5.41, 5.74) is 6.63. The number of para-hydroxylation sites is 1. The molecule has 0 saturated carbocycles. The van der Waals surface area contributed by atoms with Gasteiger partial charge in [-0.1, -0.05) is 12.1 Å². The fourth-order valence-corrected chi connectivity index (χ4v) is 1.72. The number of aromatic amines is 1. The van der Waals surface area contributed by atoms with Crippen LogP contribution in [-0.4, -0.2) is 23.2 Å². The molecule has 0 spiro atoms. The Hall–Kier alpha value is -2.37. The van der Waals surface area contributed by atoms with Gasteiger partial charge < -0.3 is 10.6 Å². The number of nitrogens with zero attached hydrogens (tertiary/aromatic N) is 2. The van der Waals surface area contributed by atoms with Crippen molar-refractivity contribution in [2.45, 2.75) is 6.92 Å². The molecule has 0 bridgehead atoms. The van der Waals surface area contributed by atoms with Gasteiger partial charge in [-0.3, -0.25) is 9.89 Å². The summed E-state index contributed by atoms with van der Waals surface area (Å²) in [4.78, 5) is 13.4. The Kier molecular flexibility index (Phi) is 3.01. The van der Waals surface area contributed by atoms with Crippen molar-refractivity contribution in [3.8, 4) is 0 Å². The van der Waals surface area contributed by atoms with Crippen LogP contribution in [0.1, 0.15) is 16.1 Å². The Balaban J connectivity index is 2.39. The van der Waals surface area contributed by atoms with E-state index >= 15 is 0 Å². The second kappa shape index (κ2) is 4.48. The zero-order valence-electron chi connectivity index (χ0n) is 10.1. The molecule has 0 radical (unpaired) electrons. The van der Waals surface area contributed by atoms with Gasteiger partial charge in [0.15, 0.2) is 5.82 Å². The lowest BCUT2D eigenvalue weighted by Crippen LogP contribution is -2.28. The van der Waals surface area contributed by atoms with E-state index in [9.17, 15) is 9.18 Å². The minimum Gasteiger partial charge on any atom is -0.382 e. The first-order valence-electron chi connectivity index (χ1n) is 5.35. The number of rotatable bonds is 2. The van der Waals surface area contributed by atoms with E-state index in [-0.39, 0.29) is 17.1 Å². The van der Waals surface area contributed by atoms with Gasteiger partial charge in [0, 0.05) is 12.7 Å². The van der Waals surface area contributed by atoms with Crippen LogP contribution in [0.3, 0.4) is 0 Å². The number of carbonyl (C=O) groups is 1. The number of halogens is 1. The Morgan fingerprint density at radius 3 is 2.67 bits per heavy atom. The van der Waals surface area contributed by atoms with Crippen molar-refractivity contribution < 1.29 is 9.18 Å². The van der Waals surface area contributed by atoms with Gasteiger partial charge in [0.25, 0.3) is 5.91 Å². The third-order valence-corrected chi connectivity index (χ3v) is 2.71. The van der Waals surface area contributed by atoms with Crippen LogP contribution in [0.25, 0.3) is 0 Å². The maximum absolute atomic E-state index is 13.6. The molecule has 3 N–H and O–H groups in total. The number of amides is 1. The molecule has 2 rings (SSSR count). The van der Waals surface area contributed by atoms with E-state index in [1.54, 1.807) is 19.1 Å². The van der Waals surface area contributed by atoms with Crippen LogP contribution < -0.4 is 10.6 Å². The lowest BCUT2D eigenvalue weighted by Gasteiger charge is -2.17. The van der Waals surface area contributed by atoms with Crippen LogP contribution in [0.15, 0.2) is 24.3 Å². The van der Waals surface area contributed by atoms with Gasteiger partial charge in [0.1, 0.15) is 11.4 Å². The third kappa shape index (κ3) is 1.92. The zero-order valence-corrected chi connectivity index (χ0v) is 10.1. The average Bonchev–Trinajstić information content (AvgIpc) is 2.68. The van der Waals surface area contributed by atoms with Crippen LogP contribution >= 0.6 is 0 Å². The summed E-state index contributed by atoms with van der Waals surface area (Å²) in [6.07, 6.45) is 0. The van der Waals surface area contributed by atoms with E-state index in [0.29, 0.717) is 5.69 Å². The quantitative estimate of drug-likeness (QED) is 0.849. The molecule has 1 heterocycles. The Bertz CT molecular complexity index is 574. The molecule has 94 valence electrons. The molecule has 6 heteroatoms. The first-order valence-corrected chi connectivity index (χ1v) is 5.35. The van der Waals surface area contributed by atoms with Crippen molar-refractivity contribution in [3.63, 3.8) is 0 Å². The number of nitrogens with two attached hydrogens (primary N) is 1. The number of aromatic nitrogens is 2. The first kappa shape index (κ1) is 12.1. The van der Waals surface area contributed by atoms with Crippen molar-refractivity contribution >= 4 is 17.4 Å². The highest BCUT2D eigenvalue weighted by molar-refractivity contribution is 6.09. The van der Waals surface area contributed by atoms with Gasteiger partial charge in [-0.25, -0.2) is 4.39 Å². The van der Waals surface area contributed by atoms with Crippen molar-refractivity contribution in [1.29, 1.82) is 0 Å². The highest BCUT2D eigenvalue weighted by Gasteiger charge is 2.22. The van der Waals surface area contributed by atoms with Gasteiger partial charge in [0.2, 0.25) is 0 Å². The first-order chi connectivity index (χ1) is 8.52. The molecule has 0 aliphatic heterocycles. The topological polar surface area (TPSA) is 75.0 Å². The SMILES string of the molecule is Cc1[nH]nc(N)c1C(=O)N(C)c1ccccc1F. The highest BCUT2D eigenvalue weighted by Crippen LogP contribution is 2.22. The second-order valence-corrected chi connectivity index (χ2v) is 3.92. The van der Waals surface area contributed by atoms with Crippen molar-refractivity contribution in [3.05, 3.63) is 41.3 Å². The standard InChI is InChI=1S/C12H13FN4O/c1-7-10(11(14)16-15-7)12(18)17(2)9-6-4-3-5-8(9)13/h3-6H,1-2H3,(H3,14,15,16). The molecule has 0 atom stereocenters. The monoisotopic (exact) mass is 248 g/mol. The normalized spacial score (nSPS) is 10.4. The zero-order chi connectivity index (χ0) is 13.3. The van der Waals surface area contributed by atoms with Crippen LogP contribution in [0, 0.1) is 12.7 Å². The van der Waals surface area contributed by atoms with Gasteiger partial charge in [-0.05, 0) is 19.1 Å². The predicted octanol–water partition coefficient (Wildman–Crippen LogP) is 1.72. The van der Waals surface area contributed by atoms with Crippen LogP contribution in [0.4, 0.5) is 15.9 Å². The van der Waals surface area contributed by atoms with E-state index in [2.05, 4.69) is 10.2 Å². The lowest BCUT2D eigenvalue weighted by molar-refractivity contribution is 0.0992. The number of nitrogens with one attached hydrogen (secondary N) is 1. The number of hydrogen-bond donors (Lipinski definition) is 2. The van der Waals surface area contributed by atoms with Crippen molar-refractivity contribution in [2.75, 3.05) is 17.7 Å². The van der Waals surface area contributed by atoms with Crippen LogP contribution in [-0.2, 0) is 0 Å². The maximum Gasteiger partial charge on any atom is 0.263 e. The third-order valence-electron chi connectivity index (χ3n) is 2.71. The Morgan fingerprint density at radius 2 is 2.11 bits per heavy atom. The molecule has 0 fully saturated rings. The van der Waals surface area contributed by atoms with E-state index in [1.807, 2.05) is 0 Å². The molecule has 0 unspecified atom stereocenters.